The van der Waals surface area contributed by atoms with Crippen LogP contribution in [-0.2, 0) is 4.79 Å². The van der Waals surface area contributed by atoms with Gasteiger partial charge in [-0.05, 0) is 6.92 Å². The Kier molecular flexibility index (Phi) is 3.42. The summed E-state index contributed by atoms with van der Waals surface area (Å²) in [4.78, 5) is 26.4. The second kappa shape index (κ2) is 4.85. The Morgan fingerprint density at radius 2 is 2.28 bits per heavy atom. The summed E-state index contributed by atoms with van der Waals surface area (Å²) in [6.07, 6.45) is 0. The smallest absolute Gasteiger partial charge is 0.320 e. The van der Waals surface area contributed by atoms with E-state index in [0.717, 1.165) is 0 Å². The highest BCUT2D eigenvalue weighted by atomic mass is 35.5. The van der Waals surface area contributed by atoms with Crippen LogP contribution in [0.4, 0.5) is 10.6 Å². The predicted molar refractivity (Wildman–Crippen MR) is 66.6 cm³/mol. The number of nitrogens with zero attached hydrogens (tertiary/aromatic N) is 3. The molecule has 1 fully saturated rings. The maximum Gasteiger partial charge on any atom is 0.320 e. The maximum atomic E-state index is 11.7. The fourth-order valence-electron chi connectivity index (χ4n) is 1.69. The van der Waals surface area contributed by atoms with Crippen LogP contribution in [0.25, 0.3) is 0 Å². The van der Waals surface area contributed by atoms with Crippen LogP contribution in [0.15, 0.2) is 0 Å². The second-order valence-electron chi connectivity index (χ2n) is 4.19. The second-order valence-corrected chi connectivity index (χ2v) is 4.56. The minimum absolute atomic E-state index is 0.00537. The van der Waals surface area contributed by atoms with E-state index in [1.54, 1.807) is 18.9 Å². The molecule has 18 heavy (non-hydrogen) atoms. The molecule has 2 heterocycles. The molecule has 3 amide bonds. The van der Waals surface area contributed by atoms with E-state index in [4.69, 9.17) is 11.6 Å². The average Bonchev–Trinajstić information content (AvgIpc) is 2.80. The zero-order valence-corrected chi connectivity index (χ0v) is 10.9. The monoisotopic (exact) mass is 271 g/mol. The van der Waals surface area contributed by atoms with Crippen molar-refractivity contribution in [1.29, 1.82) is 0 Å². The van der Waals surface area contributed by atoms with Crippen LogP contribution < -0.4 is 5.32 Å². The molecule has 1 aliphatic heterocycles. The highest BCUT2D eigenvalue weighted by molar-refractivity contribution is 6.34. The Bertz CT molecular complexity index is 487. The molecule has 0 spiro atoms. The molecule has 2 rings (SSSR count). The molecular formula is C10H14ClN5O2. The van der Waals surface area contributed by atoms with E-state index >= 15 is 0 Å². The van der Waals surface area contributed by atoms with E-state index in [1.165, 1.54) is 4.90 Å². The zero-order valence-electron chi connectivity index (χ0n) is 10.2. The number of anilines is 1. The summed E-state index contributed by atoms with van der Waals surface area (Å²) in [5.74, 6) is -0.0220. The summed E-state index contributed by atoms with van der Waals surface area (Å²) in [7, 11) is 1.70. The van der Waals surface area contributed by atoms with Gasteiger partial charge in [-0.25, -0.2) is 4.79 Å². The molecule has 1 aromatic rings. The molecule has 0 unspecified atom stereocenters. The van der Waals surface area contributed by atoms with E-state index in [2.05, 4.69) is 15.5 Å². The van der Waals surface area contributed by atoms with Crippen LogP contribution >= 0.6 is 11.6 Å². The third-order valence-corrected chi connectivity index (χ3v) is 3.23. The van der Waals surface area contributed by atoms with Crippen LogP contribution in [0.5, 0.6) is 0 Å². The Morgan fingerprint density at radius 3 is 2.78 bits per heavy atom. The van der Waals surface area contributed by atoms with Gasteiger partial charge in [0.25, 0.3) is 0 Å². The van der Waals surface area contributed by atoms with Crippen molar-refractivity contribution in [2.24, 2.45) is 0 Å². The van der Waals surface area contributed by atoms with Crippen molar-refractivity contribution in [2.45, 2.75) is 6.92 Å². The molecule has 0 atom stereocenters. The number of aromatic nitrogens is 2. The molecule has 0 bridgehead atoms. The molecule has 98 valence electrons. The lowest BCUT2D eigenvalue weighted by Crippen LogP contribution is -2.36. The van der Waals surface area contributed by atoms with Crippen molar-refractivity contribution in [3.63, 3.8) is 0 Å². The molecule has 1 saturated heterocycles. The summed E-state index contributed by atoms with van der Waals surface area (Å²) in [6.45, 7) is 2.94. The van der Waals surface area contributed by atoms with Crippen molar-refractivity contribution in [3.05, 3.63) is 10.7 Å². The highest BCUT2D eigenvalue weighted by Crippen LogP contribution is 2.21. The number of aryl methyl sites for hydroxylation is 1. The molecule has 0 aliphatic carbocycles. The molecule has 8 heteroatoms. The van der Waals surface area contributed by atoms with Gasteiger partial charge in [-0.15, -0.1) is 0 Å². The molecule has 1 aromatic heterocycles. The number of nitrogens with one attached hydrogen (secondary N) is 2. The molecule has 7 nitrogen and oxygen atoms in total. The molecule has 1 aliphatic rings. The number of carbonyl (C=O) groups excluding carboxylic acids is 2. The minimum atomic E-state index is -0.313. The summed E-state index contributed by atoms with van der Waals surface area (Å²) in [5.41, 5.74) is 0.684. The summed E-state index contributed by atoms with van der Waals surface area (Å²) in [6, 6.07) is -0.144. The number of likely N-dealkylation sites (N-methyl/N-ethyl adjacent to an activating group) is 1. The van der Waals surface area contributed by atoms with E-state index in [0.29, 0.717) is 29.6 Å². The van der Waals surface area contributed by atoms with E-state index in [9.17, 15) is 9.59 Å². The van der Waals surface area contributed by atoms with Crippen molar-refractivity contribution >= 4 is 29.4 Å². The number of halogens is 1. The third kappa shape index (κ3) is 2.40. The van der Waals surface area contributed by atoms with E-state index < -0.39 is 0 Å². The Morgan fingerprint density at radius 1 is 1.56 bits per heavy atom. The van der Waals surface area contributed by atoms with Crippen LogP contribution in [0.1, 0.15) is 5.69 Å². The third-order valence-electron chi connectivity index (χ3n) is 2.77. The van der Waals surface area contributed by atoms with Crippen molar-refractivity contribution in [2.75, 3.05) is 32.0 Å². The first-order valence-electron chi connectivity index (χ1n) is 5.49. The van der Waals surface area contributed by atoms with Gasteiger partial charge < -0.3 is 15.1 Å². The first-order chi connectivity index (χ1) is 8.49. The Hall–Kier alpha value is -1.76. The summed E-state index contributed by atoms with van der Waals surface area (Å²) >= 11 is 5.92. The normalized spacial score (nSPS) is 15.4. The summed E-state index contributed by atoms with van der Waals surface area (Å²) < 4.78 is 0. The van der Waals surface area contributed by atoms with Crippen LogP contribution in [0.3, 0.4) is 0 Å². The number of hydrogen-bond donors (Lipinski definition) is 2. The number of hydrogen-bond acceptors (Lipinski definition) is 3. The number of H-pyrrole nitrogens is 1. The van der Waals surface area contributed by atoms with Gasteiger partial charge in [0.1, 0.15) is 11.6 Å². The number of carbonyl (C=O) groups is 2. The largest absolute Gasteiger partial charge is 0.326 e. The highest BCUT2D eigenvalue weighted by Gasteiger charge is 2.27. The number of amides is 3. The van der Waals surface area contributed by atoms with Crippen molar-refractivity contribution in [1.82, 2.24) is 20.0 Å². The molecule has 2 N–H and O–H groups in total. The van der Waals surface area contributed by atoms with Gasteiger partial charge in [-0.1, -0.05) is 11.6 Å². The Balaban J connectivity index is 1.93. The van der Waals surface area contributed by atoms with Crippen molar-refractivity contribution < 1.29 is 9.59 Å². The molecule has 0 radical (unpaired) electrons. The van der Waals surface area contributed by atoms with Crippen LogP contribution in [0, 0.1) is 6.92 Å². The van der Waals surface area contributed by atoms with Gasteiger partial charge in [-0.2, -0.15) is 5.10 Å². The topological polar surface area (TPSA) is 81.3 Å². The first-order valence-corrected chi connectivity index (χ1v) is 5.87. The van der Waals surface area contributed by atoms with E-state index in [1.807, 2.05) is 0 Å². The summed E-state index contributed by atoms with van der Waals surface area (Å²) in [5, 5.41) is 9.48. The lowest BCUT2D eigenvalue weighted by molar-refractivity contribution is -0.116. The van der Waals surface area contributed by atoms with Gasteiger partial charge in [0.2, 0.25) is 5.91 Å². The standard InChI is InChI=1S/C10H14ClN5O2/c1-6-8(11)9(14-13-6)12-7(17)5-16-4-3-15(2)10(16)18/h3-5H2,1-2H3,(H2,12,13,14,17). The number of rotatable bonds is 3. The minimum Gasteiger partial charge on any atom is -0.326 e. The van der Waals surface area contributed by atoms with E-state index in [-0.39, 0.29) is 18.5 Å². The predicted octanol–water partition coefficient (Wildman–Crippen LogP) is 0.677. The number of urea groups is 1. The van der Waals surface area contributed by atoms with Gasteiger partial charge in [0, 0.05) is 20.1 Å². The molecule has 0 saturated carbocycles. The van der Waals surface area contributed by atoms with Gasteiger partial charge in [0.05, 0.1) is 5.69 Å². The average molecular weight is 272 g/mol. The first kappa shape index (κ1) is 12.7. The van der Waals surface area contributed by atoms with Crippen LogP contribution in [-0.4, -0.2) is 58.6 Å². The lowest BCUT2D eigenvalue weighted by atomic mass is 10.4. The zero-order chi connectivity index (χ0) is 13.3. The number of aromatic amines is 1. The Labute approximate surface area is 109 Å². The van der Waals surface area contributed by atoms with Gasteiger partial charge >= 0.3 is 6.03 Å². The fraction of sp³-hybridized carbons (Fsp3) is 0.500. The van der Waals surface area contributed by atoms with Gasteiger partial charge in [0.15, 0.2) is 5.82 Å². The van der Waals surface area contributed by atoms with Crippen molar-refractivity contribution in [3.8, 4) is 0 Å². The maximum absolute atomic E-state index is 11.7. The molecule has 0 aromatic carbocycles. The quantitative estimate of drug-likeness (QED) is 0.848. The van der Waals surface area contributed by atoms with Gasteiger partial charge in [-0.3, -0.25) is 9.89 Å². The SMILES string of the molecule is Cc1[nH]nc(NC(=O)CN2CCN(C)C2=O)c1Cl. The molecular weight excluding hydrogens is 258 g/mol. The lowest BCUT2D eigenvalue weighted by Gasteiger charge is -2.14. The fourth-order valence-corrected chi connectivity index (χ4v) is 1.83. The van der Waals surface area contributed by atoms with Crippen LogP contribution in [0.2, 0.25) is 5.02 Å².